The molecular formula is C16H22N4O. The van der Waals surface area contributed by atoms with Crippen LogP contribution in [0, 0.1) is 6.92 Å². The normalized spacial score (nSPS) is 10.9. The molecule has 3 N–H and O–H groups in total. The van der Waals surface area contributed by atoms with Crippen LogP contribution in [-0.2, 0) is 6.54 Å². The molecule has 21 heavy (non-hydrogen) atoms. The average Bonchev–Trinajstić information content (AvgIpc) is 2.81. The number of para-hydroxylation sites is 1. The predicted octanol–water partition coefficient (Wildman–Crippen LogP) is 3.17. The van der Waals surface area contributed by atoms with Gasteiger partial charge >= 0.3 is 0 Å². The van der Waals surface area contributed by atoms with Crippen LogP contribution in [-0.4, -0.2) is 15.7 Å². The monoisotopic (exact) mass is 286 g/mol. The van der Waals surface area contributed by atoms with Gasteiger partial charge in [0, 0.05) is 12.2 Å². The third kappa shape index (κ3) is 2.91. The molecule has 0 saturated heterocycles. The minimum atomic E-state index is -0.219. The molecule has 0 aliphatic rings. The van der Waals surface area contributed by atoms with Crippen molar-refractivity contribution in [3.05, 3.63) is 41.2 Å². The van der Waals surface area contributed by atoms with E-state index >= 15 is 0 Å². The summed E-state index contributed by atoms with van der Waals surface area (Å²) in [5, 5.41) is 7.11. The number of carbonyl (C=O) groups excluding carboxylic acids is 1. The molecule has 0 saturated carbocycles. The van der Waals surface area contributed by atoms with Crippen LogP contribution in [0.15, 0.2) is 24.4 Å². The van der Waals surface area contributed by atoms with Gasteiger partial charge in [-0.2, -0.15) is 5.10 Å². The summed E-state index contributed by atoms with van der Waals surface area (Å²) in [7, 11) is 0. The topological polar surface area (TPSA) is 72.9 Å². The van der Waals surface area contributed by atoms with E-state index in [1.807, 2.05) is 32.0 Å². The summed E-state index contributed by atoms with van der Waals surface area (Å²) in [6, 6.07) is 6.03. The van der Waals surface area contributed by atoms with Crippen molar-refractivity contribution in [2.24, 2.45) is 0 Å². The third-order valence-corrected chi connectivity index (χ3v) is 3.55. The first-order chi connectivity index (χ1) is 9.95. The highest BCUT2D eigenvalue weighted by Gasteiger charge is 2.19. The van der Waals surface area contributed by atoms with Gasteiger partial charge in [-0.05, 0) is 30.9 Å². The Hall–Kier alpha value is -2.30. The molecule has 2 rings (SSSR count). The van der Waals surface area contributed by atoms with E-state index < -0.39 is 0 Å². The molecule has 5 heteroatoms. The number of amides is 1. The van der Waals surface area contributed by atoms with Crippen molar-refractivity contribution >= 4 is 17.3 Å². The molecule has 0 aliphatic carbocycles. The number of aromatic nitrogens is 2. The Morgan fingerprint density at radius 2 is 2.14 bits per heavy atom. The largest absolute Gasteiger partial charge is 0.396 e. The molecular weight excluding hydrogens is 264 g/mol. The first kappa shape index (κ1) is 15.1. The number of carbonyl (C=O) groups is 1. The molecule has 0 radical (unpaired) electrons. The van der Waals surface area contributed by atoms with Gasteiger partial charge in [-0.3, -0.25) is 9.48 Å². The van der Waals surface area contributed by atoms with Gasteiger partial charge in [0.15, 0.2) is 0 Å². The summed E-state index contributed by atoms with van der Waals surface area (Å²) in [4.78, 5) is 12.6. The standard InChI is InChI=1S/C16H22N4O/c1-5-20-15(13(17)9-18-20)16(21)19-14-11(4)7-6-8-12(14)10(2)3/h6-10H,5,17H2,1-4H3,(H,19,21). The Kier molecular flexibility index (Phi) is 4.31. The first-order valence-corrected chi connectivity index (χ1v) is 7.17. The van der Waals surface area contributed by atoms with Crippen molar-refractivity contribution in [2.75, 3.05) is 11.1 Å². The molecule has 1 aromatic carbocycles. The van der Waals surface area contributed by atoms with E-state index in [4.69, 9.17) is 5.73 Å². The van der Waals surface area contributed by atoms with Gasteiger partial charge < -0.3 is 11.1 Å². The number of aryl methyl sites for hydroxylation is 2. The second kappa shape index (κ2) is 5.99. The van der Waals surface area contributed by atoms with Gasteiger partial charge in [0.1, 0.15) is 5.69 Å². The maximum atomic E-state index is 12.6. The van der Waals surface area contributed by atoms with Crippen LogP contribution in [0.2, 0.25) is 0 Å². The number of anilines is 2. The van der Waals surface area contributed by atoms with Crippen molar-refractivity contribution in [1.82, 2.24) is 9.78 Å². The number of benzene rings is 1. The van der Waals surface area contributed by atoms with Crippen LogP contribution in [0.3, 0.4) is 0 Å². The zero-order valence-electron chi connectivity index (χ0n) is 13.0. The molecule has 0 fully saturated rings. The lowest BCUT2D eigenvalue weighted by Crippen LogP contribution is -2.20. The zero-order valence-corrected chi connectivity index (χ0v) is 13.0. The third-order valence-electron chi connectivity index (χ3n) is 3.55. The summed E-state index contributed by atoms with van der Waals surface area (Å²) in [5.41, 5.74) is 9.69. The highest BCUT2D eigenvalue weighted by Crippen LogP contribution is 2.28. The van der Waals surface area contributed by atoms with Crippen molar-refractivity contribution in [3.63, 3.8) is 0 Å². The lowest BCUT2D eigenvalue weighted by atomic mass is 9.98. The van der Waals surface area contributed by atoms with Gasteiger partial charge in [0.2, 0.25) is 0 Å². The van der Waals surface area contributed by atoms with Gasteiger partial charge in [0.05, 0.1) is 11.9 Å². The summed E-state index contributed by atoms with van der Waals surface area (Å²) in [6.45, 7) is 8.73. The van der Waals surface area contributed by atoms with Crippen molar-refractivity contribution < 1.29 is 4.79 Å². The second-order valence-electron chi connectivity index (χ2n) is 5.41. The molecule has 1 amide bonds. The maximum Gasteiger partial charge on any atom is 0.276 e. The summed E-state index contributed by atoms with van der Waals surface area (Å²) >= 11 is 0. The number of nitrogens with zero attached hydrogens (tertiary/aromatic N) is 2. The number of nitrogen functional groups attached to an aromatic ring is 1. The Morgan fingerprint density at radius 3 is 2.76 bits per heavy atom. The van der Waals surface area contributed by atoms with Crippen LogP contribution in [0.5, 0.6) is 0 Å². The number of hydrogen-bond acceptors (Lipinski definition) is 3. The second-order valence-corrected chi connectivity index (χ2v) is 5.41. The predicted molar refractivity (Wildman–Crippen MR) is 85.5 cm³/mol. The van der Waals surface area contributed by atoms with Crippen molar-refractivity contribution in [2.45, 2.75) is 40.2 Å². The molecule has 0 bridgehead atoms. The van der Waals surface area contributed by atoms with Crippen molar-refractivity contribution in [3.8, 4) is 0 Å². The van der Waals surface area contributed by atoms with E-state index in [2.05, 4.69) is 24.3 Å². The molecule has 1 heterocycles. The number of hydrogen-bond donors (Lipinski definition) is 2. The van der Waals surface area contributed by atoms with Gasteiger partial charge in [-0.15, -0.1) is 0 Å². The lowest BCUT2D eigenvalue weighted by molar-refractivity contribution is 0.101. The Balaban J connectivity index is 2.38. The van der Waals surface area contributed by atoms with Crippen LogP contribution in [0.1, 0.15) is 48.3 Å². The highest BCUT2D eigenvalue weighted by atomic mass is 16.2. The van der Waals surface area contributed by atoms with E-state index in [1.165, 1.54) is 6.20 Å². The molecule has 112 valence electrons. The first-order valence-electron chi connectivity index (χ1n) is 7.17. The number of rotatable bonds is 4. The Labute approximate surface area is 125 Å². The fourth-order valence-electron chi connectivity index (χ4n) is 2.40. The van der Waals surface area contributed by atoms with Crippen LogP contribution in [0.4, 0.5) is 11.4 Å². The molecule has 0 unspecified atom stereocenters. The van der Waals surface area contributed by atoms with Gasteiger partial charge in [-0.1, -0.05) is 32.0 Å². The van der Waals surface area contributed by atoms with E-state index in [0.717, 1.165) is 16.8 Å². The Bertz CT molecular complexity index is 658. The van der Waals surface area contributed by atoms with Crippen LogP contribution < -0.4 is 11.1 Å². The SMILES string of the molecule is CCn1ncc(N)c1C(=O)Nc1c(C)cccc1C(C)C. The minimum absolute atomic E-state index is 0.219. The van der Waals surface area contributed by atoms with E-state index in [-0.39, 0.29) is 5.91 Å². The Morgan fingerprint density at radius 1 is 1.43 bits per heavy atom. The maximum absolute atomic E-state index is 12.6. The molecule has 1 aromatic heterocycles. The zero-order chi connectivity index (χ0) is 15.6. The number of nitrogens with two attached hydrogens (primary N) is 1. The fraction of sp³-hybridized carbons (Fsp3) is 0.375. The quantitative estimate of drug-likeness (QED) is 0.906. The van der Waals surface area contributed by atoms with E-state index in [9.17, 15) is 4.79 Å². The molecule has 5 nitrogen and oxygen atoms in total. The van der Waals surface area contributed by atoms with Crippen molar-refractivity contribution in [1.29, 1.82) is 0 Å². The molecule has 0 aliphatic heterocycles. The molecule has 0 atom stereocenters. The van der Waals surface area contributed by atoms with Gasteiger partial charge in [-0.25, -0.2) is 0 Å². The van der Waals surface area contributed by atoms with Crippen LogP contribution in [0.25, 0.3) is 0 Å². The lowest BCUT2D eigenvalue weighted by Gasteiger charge is -2.17. The van der Waals surface area contributed by atoms with Gasteiger partial charge in [0.25, 0.3) is 5.91 Å². The smallest absolute Gasteiger partial charge is 0.276 e. The highest BCUT2D eigenvalue weighted by molar-refractivity contribution is 6.07. The summed E-state index contributed by atoms with van der Waals surface area (Å²) in [5.74, 6) is 0.108. The van der Waals surface area contributed by atoms with Crippen LogP contribution >= 0.6 is 0 Å². The minimum Gasteiger partial charge on any atom is -0.396 e. The van der Waals surface area contributed by atoms with E-state index in [0.29, 0.717) is 23.8 Å². The molecule has 0 spiro atoms. The summed E-state index contributed by atoms with van der Waals surface area (Å²) < 4.78 is 1.61. The number of nitrogens with one attached hydrogen (secondary N) is 1. The van der Waals surface area contributed by atoms with E-state index in [1.54, 1.807) is 4.68 Å². The fourth-order valence-corrected chi connectivity index (χ4v) is 2.40. The summed E-state index contributed by atoms with van der Waals surface area (Å²) in [6.07, 6.45) is 1.51. The average molecular weight is 286 g/mol. The molecule has 2 aromatic rings.